The normalized spacial score (nSPS) is 14.2. The third-order valence-corrected chi connectivity index (χ3v) is 14.0. The molecule has 10 heterocycles. The second-order valence-electron chi connectivity index (χ2n) is 23.0. The minimum Gasteiger partial charge on any atom is -0.662 e. The number of amides is 2. The smallest absolute Gasteiger partial charge is 0.422 e. The van der Waals surface area contributed by atoms with Crippen molar-refractivity contribution in [2.75, 3.05) is 76.3 Å². The molecule has 0 aliphatic carbocycles. The largest absolute Gasteiger partial charge is 0.662 e. The quantitative estimate of drug-likeness (QED) is 0.0325. The Labute approximate surface area is 704 Å². The number of rotatable bonds is 7. The number of benzene rings is 5. The summed E-state index contributed by atoms with van der Waals surface area (Å²) >= 11 is 23.9. The van der Waals surface area contributed by atoms with Crippen molar-refractivity contribution in [3.63, 3.8) is 0 Å². The summed E-state index contributed by atoms with van der Waals surface area (Å²) in [6.45, 7) is 11.3. The zero-order valence-electron chi connectivity index (χ0n) is 56.9. The summed E-state index contributed by atoms with van der Waals surface area (Å²) in [5.41, 5.74) is 3.56. The van der Waals surface area contributed by atoms with Crippen molar-refractivity contribution in [2.24, 2.45) is 10.8 Å². The summed E-state index contributed by atoms with van der Waals surface area (Å²) in [4.78, 5) is 79.6. The fourth-order valence-electron chi connectivity index (χ4n) is 8.54. The SMILES string of the molecule is CC1(C)CNCCCOc2ccc(cc2Cl)CNc2nc(nc(OCC(F)(F)F)n2)Cc2ccc(cc2)C(=O)NC1.CC1(C)C[N-]CCCOc2ccc(cc2Cl)CNc2nc(nc(OCC(F)(F)F)n2)Cc2ccc(cc2)C(=O)NC1.N#CBr.O=[C-]Cl.O=[C-]Oc1ccc([N+](=O)[O-])cc1.[CH2-]Cl.[W].[W].[W].[Y]. The van der Waals surface area contributed by atoms with Gasteiger partial charge in [0.15, 0.2) is 19.7 Å². The molecule has 40 heteroatoms. The van der Waals surface area contributed by atoms with Crippen LogP contribution in [0.4, 0.5) is 43.9 Å². The van der Waals surface area contributed by atoms with Gasteiger partial charge in [-0.1, -0.05) is 99.4 Å². The number of ether oxygens (including phenoxy) is 5. The van der Waals surface area contributed by atoms with E-state index < -0.39 is 42.5 Å². The predicted molar refractivity (Wildman–Crippen MR) is 374 cm³/mol. The molecule has 8 aliphatic heterocycles. The maximum Gasteiger partial charge on any atom is 0.422 e. The first-order valence-electron chi connectivity index (χ1n) is 30.3. The van der Waals surface area contributed by atoms with Crippen LogP contribution in [0.1, 0.15) is 95.2 Å². The van der Waals surface area contributed by atoms with Crippen LogP contribution in [0.25, 0.3) is 5.32 Å². The summed E-state index contributed by atoms with van der Waals surface area (Å²) in [5, 5.41) is 38.2. The molecule has 106 heavy (non-hydrogen) atoms. The summed E-state index contributed by atoms with van der Waals surface area (Å²) in [6.07, 6.45) is -4.57. The minimum absolute atomic E-state index is 0. The van der Waals surface area contributed by atoms with Crippen LogP contribution in [0.3, 0.4) is 0 Å². The first-order chi connectivity index (χ1) is 48.5. The molecular weight excluding hydrogens is 2140 g/mol. The number of nitriles is 1. The number of aromatic nitrogens is 6. The monoisotopic (exact) mass is 2210 g/mol. The van der Waals surface area contributed by atoms with Gasteiger partial charge in [0.2, 0.25) is 11.9 Å². The zero-order chi connectivity index (χ0) is 75.3. The van der Waals surface area contributed by atoms with Crippen LogP contribution in [0.5, 0.6) is 29.3 Å². The van der Waals surface area contributed by atoms with Crippen LogP contribution >= 0.6 is 62.3 Å². The van der Waals surface area contributed by atoms with Crippen molar-refractivity contribution in [3.8, 4) is 34.2 Å². The van der Waals surface area contributed by atoms with Crippen molar-refractivity contribution < 1.29 is 170 Å². The van der Waals surface area contributed by atoms with E-state index in [0.29, 0.717) is 85.0 Å². The number of alkyl halides is 6. The molecular formula is C66H69BrCl4F6N14O11W3Y-4. The molecule has 1 radical (unpaired) electrons. The Kier molecular flexibility index (Phi) is 49.5. The molecule has 0 saturated heterocycles. The number of carbonyl (C=O) groups excluding carboxylic acids is 4. The zero-order valence-corrected chi connectivity index (χ0v) is 73.1. The van der Waals surface area contributed by atoms with Crippen LogP contribution in [-0.2, 0) is 131 Å². The van der Waals surface area contributed by atoms with Crippen molar-refractivity contribution in [3.05, 3.63) is 186 Å². The number of nitro groups is 1. The van der Waals surface area contributed by atoms with E-state index in [4.69, 9.17) is 52.2 Å². The van der Waals surface area contributed by atoms with Gasteiger partial charge < -0.3 is 88.4 Å². The molecule has 5 aromatic carbocycles. The first kappa shape index (κ1) is 100. The van der Waals surface area contributed by atoms with Crippen molar-refractivity contribution in [2.45, 2.75) is 78.8 Å². The number of carbonyl (C=O) groups is 2. The number of anilines is 2. The summed E-state index contributed by atoms with van der Waals surface area (Å²) < 4.78 is 102. The van der Waals surface area contributed by atoms with Gasteiger partial charge in [-0.05, 0) is 107 Å². The van der Waals surface area contributed by atoms with E-state index in [9.17, 15) is 50.8 Å². The molecule has 0 spiro atoms. The average molecular weight is 2210 g/mol. The number of hydrogen-bond acceptors (Lipinski definition) is 21. The fourth-order valence-corrected chi connectivity index (χ4v) is 9.06. The third kappa shape index (κ3) is 40.6. The van der Waals surface area contributed by atoms with Crippen molar-refractivity contribution in [1.29, 1.82) is 5.26 Å². The van der Waals surface area contributed by atoms with Gasteiger partial charge in [0.1, 0.15) is 28.1 Å². The van der Waals surface area contributed by atoms with Gasteiger partial charge in [-0.25, -0.2) is 0 Å². The molecule has 8 aliphatic rings. The van der Waals surface area contributed by atoms with E-state index in [-0.39, 0.29) is 179 Å². The van der Waals surface area contributed by atoms with Gasteiger partial charge in [0.25, 0.3) is 17.5 Å². The van der Waals surface area contributed by atoms with Crippen LogP contribution in [0.15, 0.2) is 109 Å². The number of non-ortho nitro benzene ring substituents is 1. The second kappa shape index (κ2) is 52.3. The van der Waals surface area contributed by atoms with Crippen LogP contribution < -0.4 is 50.3 Å². The molecule has 0 atom stereocenters. The Morgan fingerprint density at radius 3 is 1.45 bits per heavy atom. The molecule has 7 aromatic rings. The summed E-state index contributed by atoms with van der Waals surface area (Å²) in [6, 6.07) is 28.6. The van der Waals surface area contributed by atoms with E-state index in [0.717, 1.165) is 41.0 Å². The van der Waals surface area contributed by atoms with Crippen LogP contribution in [-0.4, -0.2) is 137 Å². The molecule has 571 valence electrons. The Balaban J connectivity index is 0.00000161. The van der Waals surface area contributed by atoms with Gasteiger partial charge in [-0.15, -0.1) is 13.1 Å². The Hall–Kier alpha value is -5.80. The third-order valence-electron chi connectivity index (χ3n) is 13.4. The molecule has 25 nitrogen and oxygen atoms in total. The average Bonchev–Trinajstić information content (AvgIpc) is 0.843. The molecule has 0 saturated carbocycles. The van der Waals surface area contributed by atoms with E-state index >= 15 is 0 Å². The van der Waals surface area contributed by atoms with Crippen LogP contribution in [0.2, 0.25) is 10.0 Å². The summed E-state index contributed by atoms with van der Waals surface area (Å²) in [7, 11) is 0. The van der Waals surface area contributed by atoms with Crippen molar-refractivity contribution in [1.82, 2.24) is 45.9 Å². The summed E-state index contributed by atoms with van der Waals surface area (Å²) in [5.74, 6) is 2.34. The molecule has 0 fully saturated rings. The molecule has 2 amide bonds. The number of halogens is 11. The Bertz CT molecular complexity index is 3660. The fraction of sp³-hybridized carbons (Fsp3) is 0.364. The minimum atomic E-state index is -4.56. The number of nitrogens with one attached hydrogen (secondary N) is 5. The van der Waals surface area contributed by atoms with Crippen LogP contribution in [0, 0.1) is 37.6 Å². The Morgan fingerprint density at radius 2 is 1.06 bits per heavy atom. The number of nitrogens with zero attached hydrogens (tertiary/aromatic N) is 9. The molecule has 0 unspecified atom stereocenters. The molecule has 15 rings (SSSR count). The van der Waals surface area contributed by atoms with E-state index in [2.05, 4.69) is 126 Å². The van der Waals surface area contributed by atoms with Crippen molar-refractivity contribution >= 4 is 104 Å². The molecule has 5 N–H and O–H groups in total. The Morgan fingerprint density at radius 1 is 0.651 bits per heavy atom. The molecule has 2 aromatic heterocycles. The standard InChI is InChI=1S/C28H32ClF3N6O3.C28H31ClF3N6O3.C7H4NO4.CBrN.CClO.CH2Cl.3W.Y/c2*1-27(2)15-33-10-3-11-40-22-9-6-19(12-21(22)29)14-34-25-36-23(37-26(38-25)41-17-28(30,31)32)13-18-4-7-20(8-5-18)24(39)35-16-27;9-5-12-7-3-1-6(2-4-7)8(10)11;2*2-1-3;1-2;;;;/h4-9,12,33H,3,10-11,13-17H2,1-2H3,(H,35,39)(H,34,36,37,38);4-9,12H,3,10-11,13-17H2,1-2H3,(H,35,39)(H,34,36,37,38);1-4H;;;1H2;;;;/q;2*-1;;2*-1;;;;. The maximum absolute atomic E-state index is 12.8. The molecule has 12 bridgehead atoms. The van der Waals surface area contributed by atoms with Gasteiger partial charge in [-0.2, -0.15) is 67.3 Å². The van der Waals surface area contributed by atoms with Gasteiger partial charge >= 0.3 is 24.4 Å². The first-order valence-corrected chi connectivity index (χ1v) is 32.7. The second-order valence-corrected chi connectivity index (χ2v) is 24.3. The van der Waals surface area contributed by atoms with E-state index in [1.165, 1.54) is 30.7 Å². The van der Waals surface area contributed by atoms with Gasteiger partial charge in [-0.3, -0.25) is 26.1 Å². The number of nitro benzene ring substituents is 1. The number of hydrogen-bond donors (Lipinski definition) is 5. The van der Waals surface area contributed by atoms with Gasteiger partial charge in [0.05, 0.1) is 28.2 Å². The van der Waals surface area contributed by atoms with Gasteiger partial charge in [0, 0.05) is 181 Å². The predicted octanol–water partition coefficient (Wildman–Crippen LogP) is 13.6. The van der Waals surface area contributed by atoms with E-state index in [1.54, 1.807) is 77.8 Å². The van der Waals surface area contributed by atoms with E-state index in [1.807, 2.05) is 26.0 Å². The topological polar surface area (TPSA) is 333 Å². The maximum atomic E-state index is 12.8.